The molecule has 0 amide bonds. The zero-order chi connectivity index (χ0) is 11.7. The maximum atomic E-state index is 6.15. The third-order valence-corrected chi connectivity index (χ3v) is 3.21. The van der Waals surface area contributed by atoms with Crippen LogP contribution in [0.4, 0.5) is 5.69 Å². The van der Waals surface area contributed by atoms with Crippen LogP contribution in [0, 0.1) is 0 Å². The van der Waals surface area contributed by atoms with Gasteiger partial charge in [-0.1, -0.05) is 29.3 Å². The van der Waals surface area contributed by atoms with E-state index < -0.39 is 0 Å². The van der Waals surface area contributed by atoms with Gasteiger partial charge in [0.1, 0.15) is 0 Å². The lowest BCUT2D eigenvalue weighted by atomic mass is 10.3. The first-order chi connectivity index (χ1) is 7.61. The van der Waals surface area contributed by atoms with E-state index in [1.165, 1.54) is 0 Å². The molecule has 1 aliphatic rings. The third-order valence-electron chi connectivity index (χ3n) is 2.60. The number of rotatable bonds is 1. The molecule has 0 N–H and O–H groups in total. The molecule has 0 bridgehead atoms. The molecule has 0 aliphatic carbocycles. The molecule has 3 nitrogen and oxygen atoms in total. The Labute approximate surface area is 105 Å². The molecule has 0 spiro atoms. The smallest absolute Gasteiger partial charge is 0.200 e. The summed E-state index contributed by atoms with van der Waals surface area (Å²) >= 11 is 12.3. The van der Waals surface area contributed by atoms with Crippen molar-refractivity contribution in [1.82, 2.24) is 4.90 Å². The first kappa shape index (κ1) is 11.6. The van der Waals surface area contributed by atoms with E-state index in [0.29, 0.717) is 10.0 Å². The van der Waals surface area contributed by atoms with Crippen LogP contribution in [-0.2, 0) is 0 Å². The van der Waals surface area contributed by atoms with Crippen molar-refractivity contribution in [3.63, 3.8) is 0 Å². The highest BCUT2D eigenvalue weighted by molar-refractivity contribution is 6.39. The van der Waals surface area contributed by atoms with Crippen LogP contribution in [0.1, 0.15) is 0 Å². The number of anilines is 1. The van der Waals surface area contributed by atoms with Crippen LogP contribution in [0.3, 0.4) is 0 Å². The van der Waals surface area contributed by atoms with Crippen molar-refractivity contribution in [1.29, 1.82) is 0 Å². The Morgan fingerprint density at radius 2 is 1.94 bits per heavy atom. The van der Waals surface area contributed by atoms with Gasteiger partial charge in [-0.05, 0) is 12.1 Å². The van der Waals surface area contributed by atoms with Crippen molar-refractivity contribution in [2.75, 3.05) is 32.1 Å². The minimum absolute atomic E-state index is 0.637. The van der Waals surface area contributed by atoms with Gasteiger partial charge in [0.25, 0.3) is 0 Å². The molecule has 5 heteroatoms. The number of aliphatic imine (C=N–C) groups is 1. The number of likely N-dealkylation sites (N-methyl/N-ethyl adjacent to an activating group) is 1. The molecule has 1 aromatic rings. The van der Waals surface area contributed by atoms with Crippen LogP contribution in [0.15, 0.2) is 23.2 Å². The molecule has 86 valence electrons. The van der Waals surface area contributed by atoms with Gasteiger partial charge in [0, 0.05) is 20.6 Å². The van der Waals surface area contributed by atoms with Crippen molar-refractivity contribution >= 4 is 34.8 Å². The third kappa shape index (κ3) is 1.97. The second-order valence-corrected chi connectivity index (χ2v) is 4.55. The Hall–Kier alpha value is -0.930. The first-order valence-corrected chi connectivity index (χ1v) is 5.80. The summed E-state index contributed by atoms with van der Waals surface area (Å²) in [4.78, 5) is 8.44. The zero-order valence-electron chi connectivity index (χ0n) is 9.24. The summed E-state index contributed by atoms with van der Waals surface area (Å²) in [5.41, 5.74) is 0.804. The topological polar surface area (TPSA) is 18.8 Å². The number of nitrogens with zero attached hydrogens (tertiary/aromatic N) is 3. The van der Waals surface area contributed by atoms with Gasteiger partial charge < -0.3 is 9.80 Å². The highest BCUT2D eigenvalue weighted by Crippen LogP contribution is 2.33. The highest BCUT2D eigenvalue weighted by atomic mass is 35.5. The van der Waals surface area contributed by atoms with Crippen LogP contribution in [0.25, 0.3) is 0 Å². The number of hydrogen-bond donors (Lipinski definition) is 0. The minimum atomic E-state index is 0.637. The lowest BCUT2D eigenvalue weighted by molar-refractivity contribution is 0.548. The summed E-state index contributed by atoms with van der Waals surface area (Å²) in [6.07, 6.45) is 0. The van der Waals surface area contributed by atoms with Crippen molar-refractivity contribution in [2.45, 2.75) is 0 Å². The number of para-hydroxylation sites is 1. The van der Waals surface area contributed by atoms with E-state index in [2.05, 4.69) is 9.89 Å². The lowest BCUT2D eigenvalue weighted by Gasteiger charge is -2.26. The molecule has 0 fully saturated rings. The van der Waals surface area contributed by atoms with Gasteiger partial charge in [0.05, 0.1) is 22.3 Å². The van der Waals surface area contributed by atoms with E-state index in [4.69, 9.17) is 23.2 Å². The maximum Gasteiger partial charge on any atom is 0.200 e. The highest BCUT2D eigenvalue weighted by Gasteiger charge is 2.21. The Bertz CT molecular complexity index is 411. The molecular weight excluding hydrogens is 245 g/mol. The molecule has 1 aliphatic heterocycles. The molecule has 0 saturated heterocycles. The van der Waals surface area contributed by atoms with E-state index in [-0.39, 0.29) is 0 Å². The first-order valence-electron chi connectivity index (χ1n) is 5.04. The molecule has 0 aromatic heterocycles. The van der Waals surface area contributed by atoms with E-state index in [1.54, 1.807) is 0 Å². The van der Waals surface area contributed by atoms with Gasteiger partial charge in [-0.2, -0.15) is 0 Å². The van der Waals surface area contributed by atoms with Gasteiger partial charge in [0.15, 0.2) is 0 Å². The fourth-order valence-corrected chi connectivity index (χ4v) is 2.44. The number of halogens is 2. The Balaban J connectivity index is 2.37. The van der Waals surface area contributed by atoms with Gasteiger partial charge in [-0.25, -0.2) is 0 Å². The average molecular weight is 258 g/mol. The summed E-state index contributed by atoms with van der Waals surface area (Å²) in [5, 5.41) is 1.27. The molecule has 0 unspecified atom stereocenters. The largest absolute Gasteiger partial charge is 0.344 e. The fraction of sp³-hybridized carbons (Fsp3) is 0.364. The van der Waals surface area contributed by atoms with Crippen molar-refractivity contribution in [2.24, 2.45) is 4.99 Å². The minimum Gasteiger partial charge on any atom is -0.344 e. The monoisotopic (exact) mass is 257 g/mol. The molecule has 0 radical (unpaired) electrons. The van der Waals surface area contributed by atoms with E-state index in [9.17, 15) is 0 Å². The van der Waals surface area contributed by atoms with Crippen molar-refractivity contribution in [3.05, 3.63) is 28.2 Å². The van der Waals surface area contributed by atoms with Gasteiger partial charge in [-0.15, -0.1) is 0 Å². The Morgan fingerprint density at radius 3 is 2.44 bits per heavy atom. The quantitative estimate of drug-likeness (QED) is 0.771. The van der Waals surface area contributed by atoms with Crippen LogP contribution in [0.5, 0.6) is 0 Å². The molecule has 0 atom stereocenters. The summed E-state index contributed by atoms with van der Waals surface area (Å²) < 4.78 is 0. The van der Waals surface area contributed by atoms with Gasteiger partial charge >= 0.3 is 0 Å². The summed E-state index contributed by atoms with van der Waals surface area (Å²) in [6.45, 7) is 1.75. The Kier molecular flexibility index (Phi) is 3.26. The summed E-state index contributed by atoms with van der Waals surface area (Å²) in [7, 11) is 3.93. The molecule has 1 heterocycles. The van der Waals surface area contributed by atoms with Crippen LogP contribution < -0.4 is 4.90 Å². The maximum absolute atomic E-state index is 6.15. The molecule has 16 heavy (non-hydrogen) atoms. The second kappa shape index (κ2) is 4.52. The average Bonchev–Trinajstić information content (AvgIpc) is 2.64. The van der Waals surface area contributed by atoms with Crippen LogP contribution in [-0.4, -0.2) is 38.0 Å². The van der Waals surface area contributed by atoms with Crippen molar-refractivity contribution in [3.8, 4) is 0 Å². The van der Waals surface area contributed by atoms with E-state index in [0.717, 1.165) is 24.7 Å². The van der Waals surface area contributed by atoms with Crippen molar-refractivity contribution < 1.29 is 0 Å². The fourth-order valence-electron chi connectivity index (χ4n) is 1.79. The number of guanidine groups is 1. The number of hydrogen-bond acceptors (Lipinski definition) is 3. The number of benzene rings is 1. The van der Waals surface area contributed by atoms with E-state index in [1.807, 2.05) is 37.2 Å². The molecule has 1 aromatic carbocycles. The Morgan fingerprint density at radius 1 is 1.31 bits per heavy atom. The summed E-state index contributed by atoms with van der Waals surface area (Å²) in [6, 6.07) is 5.49. The summed E-state index contributed by atoms with van der Waals surface area (Å²) in [5.74, 6) is 0.898. The SMILES string of the molecule is CN1CCN=C1N(C)c1c(Cl)cccc1Cl. The molecule has 2 rings (SSSR count). The predicted molar refractivity (Wildman–Crippen MR) is 69.8 cm³/mol. The molecular formula is C11H13Cl2N3. The standard InChI is InChI=1S/C11H13Cl2N3/c1-15-7-6-14-11(15)16(2)10-8(12)4-3-5-9(10)13/h3-5H,6-7H2,1-2H3. The lowest BCUT2D eigenvalue weighted by Crippen LogP contribution is -2.37. The molecule has 0 saturated carbocycles. The second-order valence-electron chi connectivity index (χ2n) is 3.73. The van der Waals surface area contributed by atoms with Gasteiger partial charge in [-0.3, -0.25) is 4.99 Å². The zero-order valence-corrected chi connectivity index (χ0v) is 10.8. The normalized spacial score (nSPS) is 15.2. The van der Waals surface area contributed by atoms with Crippen LogP contribution >= 0.6 is 23.2 Å². The predicted octanol–water partition coefficient (Wildman–Crippen LogP) is 2.73. The van der Waals surface area contributed by atoms with Crippen LogP contribution in [0.2, 0.25) is 10.0 Å². The van der Waals surface area contributed by atoms with E-state index >= 15 is 0 Å². The van der Waals surface area contributed by atoms with Gasteiger partial charge in [0.2, 0.25) is 5.96 Å².